The van der Waals surface area contributed by atoms with Crippen molar-refractivity contribution in [3.8, 4) is 28.6 Å². The summed E-state index contributed by atoms with van der Waals surface area (Å²) in [5, 5.41) is 63.8. The number of aliphatic hydroxyl groups excluding tert-OH is 4. The lowest BCUT2D eigenvalue weighted by Gasteiger charge is -2.39. The minimum absolute atomic E-state index is 0.0900. The molecule has 2 aromatic heterocycles. The molecule has 19 heteroatoms. The van der Waals surface area contributed by atoms with Crippen molar-refractivity contribution >= 4 is 28.5 Å². The number of rotatable bonds is 19. The van der Waals surface area contributed by atoms with E-state index >= 15 is 0 Å². The Morgan fingerprint density at radius 1 is 1.05 bits per heavy atom. The van der Waals surface area contributed by atoms with E-state index in [-0.39, 0.29) is 53.8 Å². The lowest BCUT2D eigenvalue weighted by atomic mass is 9.98. The summed E-state index contributed by atoms with van der Waals surface area (Å²) in [6.45, 7) is 3.95. The van der Waals surface area contributed by atoms with E-state index in [0.29, 0.717) is 49.4 Å². The molecule has 5 atom stereocenters. The maximum absolute atomic E-state index is 13.9. The van der Waals surface area contributed by atoms with E-state index in [2.05, 4.69) is 20.8 Å². The molecule has 1 fully saturated rings. The van der Waals surface area contributed by atoms with Gasteiger partial charge in [-0.3, -0.25) is 14.4 Å². The van der Waals surface area contributed by atoms with E-state index in [1.807, 2.05) is 13.8 Å². The number of carbonyl (C=O) groups excluding carboxylic acids is 2. The van der Waals surface area contributed by atoms with E-state index in [4.69, 9.17) is 23.4 Å². The lowest BCUT2D eigenvalue weighted by Crippen LogP contribution is -2.56. The first-order valence-electron chi connectivity index (χ1n) is 18.6. The zero-order valence-electron chi connectivity index (χ0n) is 32.2. The average Bonchev–Trinajstić information content (AvgIpc) is 3.69. The molecule has 0 aliphatic carbocycles. The minimum Gasteiger partial charge on any atom is -0.507 e. The first kappa shape index (κ1) is 43.6. The second-order valence-electron chi connectivity index (χ2n) is 13.8. The van der Waals surface area contributed by atoms with Crippen LogP contribution in [-0.4, -0.2) is 104 Å². The van der Waals surface area contributed by atoms with Gasteiger partial charge < -0.3 is 54.2 Å². The second kappa shape index (κ2) is 20.2. The van der Waals surface area contributed by atoms with Crippen molar-refractivity contribution in [2.45, 2.75) is 89.6 Å². The molecule has 312 valence electrons. The number of aromatic nitrogens is 3. The molecule has 0 radical (unpaired) electrons. The van der Waals surface area contributed by atoms with E-state index in [9.17, 15) is 44.8 Å². The number of hydrogen-bond acceptors (Lipinski definition) is 17. The third-order valence-electron chi connectivity index (χ3n) is 9.34. The van der Waals surface area contributed by atoms with Crippen molar-refractivity contribution in [3.05, 3.63) is 74.6 Å². The van der Waals surface area contributed by atoms with Crippen LogP contribution in [0.3, 0.4) is 0 Å². The van der Waals surface area contributed by atoms with Crippen molar-refractivity contribution in [3.63, 3.8) is 0 Å². The van der Waals surface area contributed by atoms with Gasteiger partial charge >= 0.3 is 5.97 Å². The minimum atomic E-state index is -1.55. The number of nitroso groups, excluding NO2 is 1. The number of allylic oxidation sites excluding steroid dienone is 2. The zero-order chi connectivity index (χ0) is 41.9. The molecule has 6 N–H and O–H groups in total. The van der Waals surface area contributed by atoms with Crippen molar-refractivity contribution in [2.24, 2.45) is 5.18 Å². The summed E-state index contributed by atoms with van der Waals surface area (Å²) in [4.78, 5) is 51.2. The molecule has 1 amide bonds. The number of aliphatic hydroxyl groups is 4. The summed E-state index contributed by atoms with van der Waals surface area (Å²) in [6.07, 6.45) is -1.95. The number of phenolic OH excluding ortho intramolecular Hbond substituents is 1. The highest BCUT2D eigenvalue weighted by molar-refractivity contribution is 5.93. The van der Waals surface area contributed by atoms with E-state index in [0.717, 1.165) is 11.6 Å². The number of amides is 1. The van der Waals surface area contributed by atoms with Gasteiger partial charge in [0.25, 0.3) is 0 Å². The summed E-state index contributed by atoms with van der Waals surface area (Å²) in [6, 6.07) is 7.45. The van der Waals surface area contributed by atoms with Crippen molar-refractivity contribution in [2.75, 3.05) is 26.9 Å². The molecular weight excluding hydrogens is 762 g/mol. The number of phenols is 1. The Morgan fingerprint density at radius 3 is 2.50 bits per heavy atom. The quantitative estimate of drug-likeness (QED) is 0.0344. The fourth-order valence-electron chi connectivity index (χ4n) is 6.16. The van der Waals surface area contributed by atoms with Gasteiger partial charge in [0.2, 0.25) is 17.1 Å². The van der Waals surface area contributed by atoms with Gasteiger partial charge in [-0.15, -0.1) is 10.0 Å². The molecule has 2 aromatic carbocycles. The maximum atomic E-state index is 13.9. The molecule has 4 aromatic rings. The van der Waals surface area contributed by atoms with Crippen LogP contribution in [0.1, 0.15) is 63.4 Å². The van der Waals surface area contributed by atoms with Crippen LogP contribution in [0.4, 0.5) is 5.69 Å². The first-order chi connectivity index (χ1) is 27.9. The zero-order valence-corrected chi connectivity index (χ0v) is 32.2. The molecule has 58 heavy (non-hydrogen) atoms. The van der Waals surface area contributed by atoms with Gasteiger partial charge in [-0.2, -0.15) is 0 Å². The molecule has 19 nitrogen and oxygen atoms in total. The lowest BCUT2D eigenvalue weighted by molar-refractivity contribution is -0.254. The molecular formula is C39H47N5O14. The standard InChI is InChI=1S/C39H47N5O14/c1-21(2)7-12-25-26(42-53)17-27(46)31-33(50)38(36(58-37(25)31)22-8-10-24(54-3)11-9-22)57-30(48)14-13-29(47)40-15-5-4-6-16-55-20-23-18-44(43-41-23)39-35(52)34(51)32(49)28(19-45)56-39/h7-11,17-18,28,32,34-35,39,45-46,49,51-52H,4-6,12-16,19-20H2,1-3H3,(H,40,47)/t28-,32-,34+,35-,39?/m1/s1. The summed E-state index contributed by atoms with van der Waals surface area (Å²) in [7, 11) is 1.48. The number of benzene rings is 2. The fourth-order valence-corrected chi connectivity index (χ4v) is 6.16. The molecule has 3 heterocycles. The molecule has 0 spiro atoms. The molecule has 5 rings (SSSR count). The Bertz CT molecular complexity index is 2140. The Hall–Kier alpha value is -5.57. The van der Waals surface area contributed by atoms with Gasteiger partial charge in [0.05, 0.1) is 32.9 Å². The molecule has 0 bridgehead atoms. The predicted molar refractivity (Wildman–Crippen MR) is 205 cm³/mol. The Kier molecular flexibility index (Phi) is 15.2. The summed E-state index contributed by atoms with van der Waals surface area (Å²) >= 11 is 0. The topological polar surface area (TPSA) is 275 Å². The van der Waals surface area contributed by atoms with Crippen LogP contribution in [0.5, 0.6) is 17.2 Å². The molecule has 1 unspecified atom stereocenters. The van der Waals surface area contributed by atoms with Crippen LogP contribution in [0, 0.1) is 4.91 Å². The number of aromatic hydroxyl groups is 1. The maximum Gasteiger partial charge on any atom is 0.311 e. The number of unbranched alkanes of at least 4 members (excludes halogenated alkanes) is 2. The van der Waals surface area contributed by atoms with Crippen LogP contribution in [-0.2, 0) is 32.1 Å². The van der Waals surface area contributed by atoms with Crippen molar-refractivity contribution in [1.82, 2.24) is 20.3 Å². The number of fused-ring (bicyclic) bond motifs is 1. The van der Waals surface area contributed by atoms with E-state index in [1.165, 1.54) is 18.0 Å². The number of nitrogens with zero attached hydrogens (tertiary/aromatic N) is 4. The van der Waals surface area contributed by atoms with E-state index < -0.39 is 66.1 Å². The van der Waals surface area contributed by atoms with Gasteiger partial charge in [-0.05, 0) is 69.0 Å². The summed E-state index contributed by atoms with van der Waals surface area (Å²) in [5.74, 6) is -2.01. The molecule has 1 aliphatic heterocycles. The molecule has 0 saturated carbocycles. The van der Waals surface area contributed by atoms with Crippen LogP contribution >= 0.6 is 0 Å². The first-order valence-corrected chi connectivity index (χ1v) is 18.6. The monoisotopic (exact) mass is 809 g/mol. The van der Waals surface area contributed by atoms with Crippen LogP contribution < -0.4 is 20.2 Å². The number of nitrogens with one attached hydrogen (secondary N) is 1. The number of esters is 1. The Labute approximate surface area is 331 Å². The Morgan fingerprint density at radius 2 is 1.81 bits per heavy atom. The van der Waals surface area contributed by atoms with Crippen LogP contribution in [0.15, 0.2) is 62.6 Å². The summed E-state index contributed by atoms with van der Waals surface area (Å²) < 4.78 is 29.2. The van der Waals surface area contributed by atoms with Gasteiger partial charge in [-0.25, -0.2) is 4.68 Å². The number of ether oxygens (including phenoxy) is 4. The van der Waals surface area contributed by atoms with Crippen molar-refractivity contribution in [1.29, 1.82) is 0 Å². The third-order valence-corrected chi connectivity index (χ3v) is 9.34. The SMILES string of the molecule is COc1ccc(-c2oc3c(CC=C(C)C)c(N=O)cc(O)c3c(=O)c2OC(=O)CCC(=O)NCCCCCOCc2cn(C3O[C@H](CO)[C@@H](O)[C@H](O)[C@H]3O)nn2)cc1. The van der Waals surface area contributed by atoms with Crippen LogP contribution in [0.25, 0.3) is 22.3 Å². The van der Waals surface area contributed by atoms with Gasteiger partial charge in [-0.1, -0.05) is 16.9 Å². The average molecular weight is 810 g/mol. The fraction of sp³-hybridized carbons (Fsp3) is 0.462. The second-order valence-corrected chi connectivity index (χ2v) is 13.8. The largest absolute Gasteiger partial charge is 0.507 e. The smallest absolute Gasteiger partial charge is 0.311 e. The highest BCUT2D eigenvalue weighted by Crippen LogP contribution is 2.40. The van der Waals surface area contributed by atoms with Gasteiger partial charge in [0.1, 0.15) is 58.3 Å². The highest BCUT2D eigenvalue weighted by atomic mass is 16.6. The molecule has 1 saturated heterocycles. The Balaban J connectivity index is 1.11. The third kappa shape index (κ3) is 10.5. The molecule has 1 aliphatic rings. The van der Waals surface area contributed by atoms with Gasteiger partial charge in [0, 0.05) is 36.8 Å². The number of hydrogen-bond donors (Lipinski definition) is 6. The normalized spacial score (nSPS) is 19.1. The van der Waals surface area contributed by atoms with Crippen LogP contribution in [0.2, 0.25) is 0 Å². The number of methoxy groups -OCH3 is 1. The van der Waals surface area contributed by atoms with Gasteiger partial charge in [0.15, 0.2) is 12.0 Å². The van der Waals surface area contributed by atoms with Crippen molar-refractivity contribution < 1.29 is 58.5 Å². The van der Waals surface area contributed by atoms with E-state index in [1.54, 1.807) is 30.3 Å². The summed E-state index contributed by atoms with van der Waals surface area (Å²) in [5.41, 5.74) is 0.877. The highest BCUT2D eigenvalue weighted by Gasteiger charge is 2.44. The predicted octanol–water partition coefficient (Wildman–Crippen LogP) is 2.83. The number of carbonyl (C=O) groups is 2.